The Morgan fingerprint density at radius 1 is 1.00 bits per heavy atom. The topological polar surface area (TPSA) is 26.3 Å². The fraction of sp³-hybridized carbons (Fsp3) is 0.278. The fourth-order valence-electron chi connectivity index (χ4n) is 2.43. The first-order valence-electron chi connectivity index (χ1n) is 7.03. The van der Waals surface area contributed by atoms with Crippen molar-refractivity contribution in [1.29, 1.82) is 0 Å². The fourth-order valence-corrected chi connectivity index (χ4v) is 2.43. The molecule has 0 bridgehead atoms. The van der Waals surface area contributed by atoms with Crippen molar-refractivity contribution in [3.05, 3.63) is 71.8 Å². The van der Waals surface area contributed by atoms with Crippen molar-refractivity contribution in [2.75, 3.05) is 0 Å². The number of ether oxygens (including phenoxy) is 1. The molecule has 2 heteroatoms. The molecular weight excluding hydrogens is 248 g/mol. The minimum Gasteiger partial charge on any atom is -0.458 e. The predicted molar refractivity (Wildman–Crippen MR) is 80.8 cm³/mol. The van der Waals surface area contributed by atoms with Crippen molar-refractivity contribution < 1.29 is 9.53 Å². The maximum absolute atomic E-state index is 12.1. The van der Waals surface area contributed by atoms with E-state index in [-0.39, 0.29) is 18.0 Å². The SMILES string of the molecule is CC[C@H](c1ccccc1)[C@H](C)OC(=O)c1ccccc1. The Labute approximate surface area is 120 Å². The lowest BCUT2D eigenvalue weighted by atomic mass is 9.92. The predicted octanol–water partition coefficient (Wildman–Crippen LogP) is 4.43. The maximum atomic E-state index is 12.1. The number of benzene rings is 2. The van der Waals surface area contributed by atoms with Gasteiger partial charge in [0, 0.05) is 5.92 Å². The molecule has 0 heterocycles. The van der Waals surface area contributed by atoms with Crippen molar-refractivity contribution in [3.63, 3.8) is 0 Å². The molecule has 2 rings (SSSR count). The molecule has 2 nitrogen and oxygen atoms in total. The minimum atomic E-state index is -0.257. The summed E-state index contributed by atoms with van der Waals surface area (Å²) in [5, 5.41) is 0. The molecule has 2 aromatic carbocycles. The summed E-state index contributed by atoms with van der Waals surface area (Å²) in [5.41, 5.74) is 1.81. The Kier molecular flexibility index (Phi) is 4.94. The van der Waals surface area contributed by atoms with E-state index in [1.165, 1.54) is 5.56 Å². The van der Waals surface area contributed by atoms with Gasteiger partial charge in [0.05, 0.1) is 5.56 Å². The Morgan fingerprint density at radius 3 is 2.10 bits per heavy atom. The van der Waals surface area contributed by atoms with Crippen LogP contribution in [0.2, 0.25) is 0 Å². The average molecular weight is 268 g/mol. The molecule has 0 aromatic heterocycles. The quantitative estimate of drug-likeness (QED) is 0.750. The molecule has 0 aliphatic rings. The molecule has 0 saturated heterocycles. The molecule has 2 aromatic rings. The first kappa shape index (κ1) is 14.3. The lowest BCUT2D eigenvalue weighted by molar-refractivity contribution is 0.0277. The van der Waals surface area contributed by atoms with Gasteiger partial charge in [-0.05, 0) is 31.0 Å². The van der Waals surface area contributed by atoms with Crippen LogP contribution in [0.1, 0.15) is 42.1 Å². The van der Waals surface area contributed by atoms with Gasteiger partial charge in [0.1, 0.15) is 6.10 Å². The van der Waals surface area contributed by atoms with Gasteiger partial charge in [0.25, 0.3) is 0 Å². The number of hydrogen-bond donors (Lipinski definition) is 0. The Bertz CT molecular complexity index is 534. The molecule has 0 aliphatic carbocycles. The summed E-state index contributed by atoms with van der Waals surface area (Å²) in [7, 11) is 0. The third kappa shape index (κ3) is 3.47. The van der Waals surface area contributed by atoms with Gasteiger partial charge in [-0.2, -0.15) is 0 Å². The van der Waals surface area contributed by atoms with Crippen molar-refractivity contribution in [2.24, 2.45) is 0 Å². The van der Waals surface area contributed by atoms with Crippen LogP contribution in [0.4, 0.5) is 0 Å². The van der Waals surface area contributed by atoms with Crippen LogP contribution in [0.3, 0.4) is 0 Å². The first-order chi connectivity index (χ1) is 9.72. The molecule has 0 unspecified atom stereocenters. The van der Waals surface area contributed by atoms with Crippen LogP contribution >= 0.6 is 0 Å². The Hall–Kier alpha value is -2.09. The number of carbonyl (C=O) groups excluding carboxylic acids is 1. The average Bonchev–Trinajstić information content (AvgIpc) is 2.50. The van der Waals surface area contributed by atoms with E-state index in [1.807, 2.05) is 43.3 Å². The van der Waals surface area contributed by atoms with Crippen molar-refractivity contribution in [2.45, 2.75) is 32.3 Å². The van der Waals surface area contributed by atoms with E-state index in [0.717, 1.165) is 6.42 Å². The van der Waals surface area contributed by atoms with Gasteiger partial charge in [-0.15, -0.1) is 0 Å². The van der Waals surface area contributed by atoms with Crippen molar-refractivity contribution in [3.8, 4) is 0 Å². The second-order valence-electron chi connectivity index (χ2n) is 4.90. The zero-order valence-corrected chi connectivity index (χ0v) is 12.0. The molecule has 0 aliphatic heterocycles. The van der Waals surface area contributed by atoms with Crippen LogP contribution < -0.4 is 0 Å². The van der Waals surface area contributed by atoms with E-state index in [9.17, 15) is 4.79 Å². The van der Waals surface area contributed by atoms with Crippen LogP contribution in [0.15, 0.2) is 60.7 Å². The summed E-state index contributed by atoms with van der Waals surface area (Å²) in [6.07, 6.45) is 0.794. The lowest BCUT2D eigenvalue weighted by Gasteiger charge is -2.23. The maximum Gasteiger partial charge on any atom is 0.338 e. The normalized spacial score (nSPS) is 13.5. The van der Waals surface area contributed by atoms with E-state index >= 15 is 0 Å². The van der Waals surface area contributed by atoms with Gasteiger partial charge < -0.3 is 4.74 Å². The van der Waals surface area contributed by atoms with Gasteiger partial charge in [0.15, 0.2) is 0 Å². The molecule has 0 fully saturated rings. The highest BCUT2D eigenvalue weighted by atomic mass is 16.5. The number of esters is 1. The molecule has 0 spiro atoms. The van der Waals surface area contributed by atoms with Crippen LogP contribution in [0.25, 0.3) is 0 Å². The molecular formula is C18H20O2. The highest BCUT2D eigenvalue weighted by Crippen LogP contribution is 2.25. The Balaban J connectivity index is 2.07. The zero-order valence-electron chi connectivity index (χ0n) is 12.0. The van der Waals surface area contributed by atoms with Gasteiger partial charge in [-0.3, -0.25) is 0 Å². The number of hydrogen-bond acceptors (Lipinski definition) is 2. The molecule has 0 amide bonds. The monoisotopic (exact) mass is 268 g/mol. The van der Waals surface area contributed by atoms with Crippen molar-refractivity contribution >= 4 is 5.97 Å². The highest BCUT2D eigenvalue weighted by molar-refractivity contribution is 5.89. The summed E-state index contributed by atoms with van der Waals surface area (Å²) in [4.78, 5) is 12.1. The second kappa shape index (κ2) is 6.90. The second-order valence-corrected chi connectivity index (χ2v) is 4.90. The largest absolute Gasteiger partial charge is 0.458 e. The first-order valence-corrected chi connectivity index (χ1v) is 7.03. The molecule has 104 valence electrons. The lowest BCUT2D eigenvalue weighted by Crippen LogP contribution is -2.22. The van der Waals surface area contributed by atoms with Gasteiger partial charge in [-0.25, -0.2) is 4.79 Å². The zero-order chi connectivity index (χ0) is 14.4. The summed E-state index contributed by atoms with van der Waals surface area (Å²) in [6, 6.07) is 19.3. The van der Waals surface area contributed by atoms with E-state index in [4.69, 9.17) is 4.74 Å². The summed E-state index contributed by atoms with van der Waals surface area (Å²) in [5.74, 6) is -0.0312. The molecule has 2 atom stereocenters. The Morgan fingerprint density at radius 2 is 1.55 bits per heavy atom. The van der Waals surface area contributed by atoms with Gasteiger partial charge >= 0.3 is 5.97 Å². The smallest absolute Gasteiger partial charge is 0.338 e. The number of carbonyl (C=O) groups is 1. The van der Waals surface area contributed by atoms with Crippen LogP contribution in [0.5, 0.6) is 0 Å². The van der Waals surface area contributed by atoms with Crippen LogP contribution in [0, 0.1) is 0 Å². The van der Waals surface area contributed by atoms with E-state index < -0.39 is 0 Å². The molecule has 20 heavy (non-hydrogen) atoms. The summed E-state index contributed by atoms with van der Waals surface area (Å²) in [6.45, 7) is 4.08. The number of rotatable bonds is 5. The minimum absolute atomic E-state index is 0.143. The van der Waals surface area contributed by atoms with Gasteiger partial charge in [0.2, 0.25) is 0 Å². The van der Waals surface area contributed by atoms with E-state index in [2.05, 4.69) is 19.1 Å². The highest BCUT2D eigenvalue weighted by Gasteiger charge is 2.21. The standard InChI is InChI=1S/C18H20O2/c1-3-17(15-10-6-4-7-11-15)14(2)20-18(19)16-12-8-5-9-13-16/h4-14,17H,3H2,1-2H3/t14-,17-/m0/s1. The van der Waals surface area contributed by atoms with E-state index in [0.29, 0.717) is 5.56 Å². The summed E-state index contributed by atoms with van der Waals surface area (Å²) < 4.78 is 5.60. The molecule has 0 radical (unpaired) electrons. The third-order valence-electron chi connectivity index (χ3n) is 3.54. The van der Waals surface area contributed by atoms with Gasteiger partial charge in [-0.1, -0.05) is 55.5 Å². The third-order valence-corrected chi connectivity index (χ3v) is 3.54. The van der Waals surface area contributed by atoms with Crippen LogP contribution in [-0.2, 0) is 4.74 Å². The molecule has 0 N–H and O–H groups in total. The molecule has 0 saturated carbocycles. The summed E-state index contributed by atoms with van der Waals surface area (Å²) >= 11 is 0. The van der Waals surface area contributed by atoms with Crippen LogP contribution in [-0.4, -0.2) is 12.1 Å². The van der Waals surface area contributed by atoms with E-state index in [1.54, 1.807) is 12.1 Å². The van der Waals surface area contributed by atoms with Crippen molar-refractivity contribution in [1.82, 2.24) is 0 Å².